The van der Waals surface area contributed by atoms with Crippen molar-refractivity contribution in [2.45, 2.75) is 78.4 Å². The molecule has 0 spiro atoms. The molecule has 1 aliphatic rings. The van der Waals surface area contributed by atoms with Gasteiger partial charge in [-0.25, -0.2) is 4.79 Å². The summed E-state index contributed by atoms with van der Waals surface area (Å²) < 4.78 is 5.47. The van der Waals surface area contributed by atoms with Crippen molar-refractivity contribution in [3.05, 3.63) is 0 Å². The zero-order chi connectivity index (χ0) is 15.9. The summed E-state index contributed by atoms with van der Waals surface area (Å²) >= 11 is 0. The molecule has 124 valence electrons. The number of likely N-dealkylation sites (tertiary alicyclic amines) is 1. The quantitative estimate of drug-likeness (QED) is 0.811. The van der Waals surface area contributed by atoms with Crippen molar-refractivity contribution in [1.29, 1.82) is 0 Å². The van der Waals surface area contributed by atoms with Crippen molar-refractivity contribution in [1.82, 2.24) is 10.2 Å². The van der Waals surface area contributed by atoms with Gasteiger partial charge in [0.2, 0.25) is 0 Å². The molecule has 2 unspecified atom stereocenters. The van der Waals surface area contributed by atoms with Crippen LogP contribution in [-0.2, 0) is 4.74 Å². The largest absolute Gasteiger partial charge is 0.444 e. The molecular formula is C17H34N2O2. The number of carbonyl (C=O) groups excluding carboxylic acids is 1. The minimum atomic E-state index is -0.406. The summed E-state index contributed by atoms with van der Waals surface area (Å²) in [5, 5.41) is 3.62. The third kappa shape index (κ3) is 7.70. The van der Waals surface area contributed by atoms with Gasteiger partial charge in [0.05, 0.1) is 0 Å². The first-order valence-corrected chi connectivity index (χ1v) is 8.53. The van der Waals surface area contributed by atoms with E-state index in [1.54, 1.807) is 0 Å². The minimum Gasteiger partial charge on any atom is -0.444 e. The van der Waals surface area contributed by atoms with Crippen LogP contribution in [0.1, 0.15) is 66.7 Å². The molecule has 0 radical (unpaired) electrons. The van der Waals surface area contributed by atoms with Gasteiger partial charge in [0.1, 0.15) is 5.60 Å². The molecule has 1 fully saturated rings. The first-order chi connectivity index (χ1) is 9.81. The monoisotopic (exact) mass is 298 g/mol. The van der Waals surface area contributed by atoms with Gasteiger partial charge in [0.25, 0.3) is 0 Å². The van der Waals surface area contributed by atoms with Crippen molar-refractivity contribution >= 4 is 6.09 Å². The normalized spacial score (nSPS) is 21.2. The van der Waals surface area contributed by atoms with Crippen molar-refractivity contribution in [2.24, 2.45) is 5.92 Å². The molecule has 1 N–H and O–H groups in total. The maximum Gasteiger partial charge on any atom is 0.410 e. The van der Waals surface area contributed by atoms with Crippen LogP contribution in [0, 0.1) is 5.92 Å². The van der Waals surface area contributed by atoms with Gasteiger partial charge in [-0.3, -0.25) is 0 Å². The van der Waals surface area contributed by atoms with E-state index in [1.165, 1.54) is 25.7 Å². The zero-order valence-corrected chi connectivity index (χ0v) is 14.6. The average molecular weight is 298 g/mol. The Morgan fingerprint density at radius 3 is 2.76 bits per heavy atom. The highest BCUT2D eigenvalue weighted by molar-refractivity contribution is 5.68. The second kappa shape index (κ2) is 8.62. The van der Waals surface area contributed by atoms with Crippen molar-refractivity contribution in [3.63, 3.8) is 0 Å². The number of piperidine rings is 1. The lowest BCUT2D eigenvalue weighted by atomic mass is 9.97. The molecule has 21 heavy (non-hydrogen) atoms. The van der Waals surface area contributed by atoms with Crippen LogP contribution in [0.4, 0.5) is 4.79 Å². The number of amides is 1. The van der Waals surface area contributed by atoms with Crippen LogP contribution in [0.25, 0.3) is 0 Å². The van der Waals surface area contributed by atoms with E-state index in [1.807, 2.05) is 25.7 Å². The zero-order valence-electron chi connectivity index (χ0n) is 14.6. The molecule has 1 saturated heterocycles. The van der Waals surface area contributed by atoms with Crippen LogP contribution >= 0.6 is 0 Å². The van der Waals surface area contributed by atoms with Crippen LogP contribution in [0.5, 0.6) is 0 Å². The molecule has 2 atom stereocenters. The van der Waals surface area contributed by atoms with Gasteiger partial charge in [-0.05, 0) is 59.4 Å². The Morgan fingerprint density at radius 1 is 1.43 bits per heavy atom. The van der Waals surface area contributed by atoms with Crippen LogP contribution in [0.15, 0.2) is 0 Å². The van der Waals surface area contributed by atoms with Gasteiger partial charge >= 0.3 is 6.09 Å². The van der Waals surface area contributed by atoms with E-state index in [9.17, 15) is 4.79 Å². The molecule has 0 bridgehead atoms. The number of nitrogens with one attached hydrogen (secondary N) is 1. The fourth-order valence-electron chi connectivity index (χ4n) is 2.70. The van der Waals surface area contributed by atoms with Gasteiger partial charge < -0.3 is 15.0 Å². The summed E-state index contributed by atoms with van der Waals surface area (Å²) in [6.45, 7) is 12.9. The van der Waals surface area contributed by atoms with E-state index < -0.39 is 5.60 Å². The smallest absolute Gasteiger partial charge is 0.410 e. The van der Waals surface area contributed by atoms with E-state index in [4.69, 9.17) is 4.74 Å². The standard InChI is InChI=1S/C17H34N2O2/c1-6-7-9-14(2)18-12-15-10-8-11-19(13-15)16(20)21-17(3,4)5/h14-15,18H,6-13H2,1-5H3. The minimum absolute atomic E-state index is 0.161. The van der Waals surface area contributed by atoms with Crippen LogP contribution in [0.2, 0.25) is 0 Å². The molecule has 1 heterocycles. The van der Waals surface area contributed by atoms with E-state index in [-0.39, 0.29) is 6.09 Å². The molecule has 0 aromatic carbocycles. The lowest BCUT2D eigenvalue weighted by molar-refractivity contribution is 0.0165. The number of ether oxygens (including phenoxy) is 1. The fourth-order valence-corrected chi connectivity index (χ4v) is 2.70. The Hall–Kier alpha value is -0.770. The number of hydrogen-bond donors (Lipinski definition) is 1. The van der Waals surface area contributed by atoms with Gasteiger partial charge in [-0.15, -0.1) is 0 Å². The summed E-state index contributed by atoms with van der Waals surface area (Å²) in [7, 11) is 0. The SMILES string of the molecule is CCCCC(C)NCC1CCCN(C(=O)OC(C)(C)C)C1. The number of nitrogens with zero attached hydrogens (tertiary/aromatic N) is 1. The number of unbranched alkanes of at least 4 members (excludes halogenated alkanes) is 1. The molecule has 0 aliphatic carbocycles. The van der Waals surface area contributed by atoms with Crippen LogP contribution in [0.3, 0.4) is 0 Å². The maximum absolute atomic E-state index is 12.1. The summed E-state index contributed by atoms with van der Waals surface area (Å²) in [5.74, 6) is 0.551. The first kappa shape index (κ1) is 18.3. The van der Waals surface area contributed by atoms with Crippen molar-refractivity contribution < 1.29 is 9.53 Å². The summed E-state index contributed by atoms with van der Waals surface area (Å²) in [6, 6.07) is 0.571. The van der Waals surface area contributed by atoms with Crippen molar-refractivity contribution in [2.75, 3.05) is 19.6 Å². The lowest BCUT2D eigenvalue weighted by Crippen LogP contribution is -2.45. The average Bonchev–Trinajstić information content (AvgIpc) is 2.41. The lowest BCUT2D eigenvalue weighted by Gasteiger charge is -2.34. The van der Waals surface area contributed by atoms with E-state index in [0.717, 1.165) is 26.1 Å². The Balaban J connectivity index is 2.33. The number of carbonyl (C=O) groups is 1. The predicted octanol–water partition coefficient (Wildman–Crippen LogP) is 3.80. The van der Waals surface area contributed by atoms with Crippen LogP contribution in [-0.4, -0.2) is 42.3 Å². The van der Waals surface area contributed by atoms with E-state index in [2.05, 4.69) is 19.2 Å². The molecule has 0 aromatic heterocycles. The molecule has 4 heteroatoms. The Bertz CT molecular complexity index is 312. The van der Waals surface area contributed by atoms with Crippen LogP contribution < -0.4 is 5.32 Å². The maximum atomic E-state index is 12.1. The molecule has 1 aliphatic heterocycles. The number of rotatable bonds is 6. The van der Waals surface area contributed by atoms with E-state index >= 15 is 0 Å². The summed E-state index contributed by atoms with van der Waals surface area (Å²) in [5.41, 5.74) is -0.406. The third-order valence-electron chi connectivity index (χ3n) is 3.92. The highest BCUT2D eigenvalue weighted by Gasteiger charge is 2.27. The van der Waals surface area contributed by atoms with Gasteiger partial charge in [0.15, 0.2) is 0 Å². The fraction of sp³-hybridized carbons (Fsp3) is 0.941. The second-order valence-electron chi connectivity index (χ2n) is 7.39. The van der Waals surface area contributed by atoms with E-state index in [0.29, 0.717) is 12.0 Å². The molecule has 1 rings (SSSR count). The first-order valence-electron chi connectivity index (χ1n) is 8.53. The van der Waals surface area contributed by atoms with Crippen molar-refractivity contribution in [3.8, 4) is 0 Å². The number of hydrogen-bond acceptors (Lipinski definition) is 3. The highest BCUT2D eigenvalue weighted by atomic mass is 16.6. The Labute approximate surface area is 130 Å². The highest BCUT2D eigenvalue weighted by Crippen LogP contribution is 2.19. The molecule has 4 nitrogen and oxygen atoms in total. The van der Waals surface area contributed by atoms with Gasteiger partial charge in [-0.2, -0.15) is 0 Å². The third-order valence-corrected chi connectivity index (χ3v) is 3.92. The predicted molar refractivity (Wildman–Crippen MR) is 87.5 cm³/mol. The van der Waals surface area contributed by atoms with Gasteiger partial charge in [0, 0.05) is 19.1 Å². The Kier molecular flexibility index (Phi) is 7.50. The summed E-state index contributed by atoms with van der Waals surface area (Å²) in [6.07, 6.45) is 5.89. The topological polar surface area (TPSA) is 41.6 Å². The van der Waals surface area contributed by atoms with Gasteiger partial charge in [-0.1, -0.05) is 19.8 Å². The Morgan fingerprint density at radius 2 is 2.14 bits per heavy atom. The molecule has 0 aromatic rings. The molecular weight excluding hydrogens is 264 g/mol. The molecule has 1 amide bonds. The molecule has 0 saturated carbocycles. The summed E-state index contributed by atoms with van der Waals surface area (Å²) in [4.78, 5) is 14.0. The second-order valence-corrected chi connectivity index (χ2v) is 7.39.